The van der Waals surface area contributed by atoms with Crippen molar-refractivity contribution in [2.45, 2.75) is 50.5 Å². The predicted octanol–water partition coefficient (Wildman–Crippen LogP) is 2.99. The fourth-order valence-corrected chi connectivity index (χ4v) is 5.56. The minimum atomic E-state index is -2.97. The van der Waals surface area contributed by atoms with Gasteiger partial charge in [0.05, 0.1) is 11.5 Å². The molecule has 3 rings (SSSR count). The van der Waals surface area contributed by atoms with Gasteiger partial charge in [-0.05, 0) is 42.9 Å². The molecule has 2 fully saturated rings. The summed E-state index contributed by atoms with van der Waals surface area (Å²) in [6, 6.07) is 7.74. The van der Waals surface area contributed by atoms with Crippen molar-refractivity contribution in [3.05, 3.63) is 35.4 Å². The van der Waals surface area contributed by atoms with Crippen LogP contribution in [0.3, 0.4) is 0 Å². The Bertz CT molecular complexity index is 660. The number of carbonyl (C=O) groups is 1. The maximum absolute atomic E-state index is 12.6. The van der Waals surface area contributed by atoms with Gasteiger partial charge in [-0.1, -0.05) is 31.4 Å². The molecule has 1 aromatic carbocycles. The molecule has 1 atom stereocenters. The molecule has 1 aliphatic heterocycles. The van der Waals surface area contributed by atoms with Crippen LogP contribution in [0.5, 0.6) is 0 Å². The standard InChI is InChI=1S/C18H25NO3S/c1-19(17-11-12-23(21,22)13-17)18(20)16-9-7-15(8-10-16)14-5-3-2-4-6-14/h7-10,14,17H,2-6,11-13H2,1H3/t17-/m1/s1. The first-order valence-electron chi connectivity index (χ1n) is 8.54. The summed E-state index contributed by atoms with van der Waals surface area (Å²) in [5.74, 6) is 0.832. The smallest absolute Gasteiger partial charge is 0.253 e. The van der Waals surface area contributed by atoms with Gasteiger partial charge in [-0.25, -0.2) is 8.42 Å². The molecule has 0 unspecified atom stereocenters. The number of benzene rings is 1. The van der Waals surface area contributed by atoms with Crippen molar-refractivity contribution in [3.63, 3.8) is 0 Å². The number of sulfone groups is 1. The first-order valence-corrected chi connectivity index (χ1v) is 10.4. The molecular formula is C18H25NO3S. The van der Waals surface area contributed by atoms with E-state index in [1.807, 2.05) is 12.1 Å². The SMILES string of the molecule is CN(C(=O)c1ccc(C2CCCCC2)cc1)[C@@H]1CCS(=O)(=O)C1. The summed E-state index contributed by atoms with van der Waals surface area (Å²) in [6.07, 6.45) is 6.96. The van der Waals surface area contributed by atoms with Crippen molar-refractivity contribution in [3.8, 4) is 0 Å². The summed E-state index contributed by atoms with van der Waals surface area (Å²) >= 11 is 0. The first-order chi connectivity index (χ1) is 11.0. The van der Waals surface area contributed by atoms with Crippen LogP contribution >= 0.6 is 0 Å². The summed E-state index contributed by atoms with van der Waals surface area (Å²) in [4.78, 5) is 14.2. The summed E-state index contributed by atoms with van der Waals surface area (Å²) in [6.45, 7) is 0. The fourth-order valence-electron chi connectivity index (χ4n) is 3.78. The molecular weight excluding hydrogens is 310 g/mol. The molecule has 0 aromatic heterocycles. The maximum Gasteiger partial charge on any atom is 0.253 e. The zero-order chi connectivity index (χ0) is 16.4. The molecule has 5 heteroatoms. The third-order valence-corrected chi connectivity index (χ3v) is 7.06. The average molecular weight is 335 g/mol. The summed E-state index contributed by atoms with van der Waals surface area (Å²) in [7, 11) is -1.26. The summed E-state index contributed by atoms with van der Waals surface area (Å²) in [5.41, 5.74) is 1.98. The third kappa shape index (κ3) is 3.77. The molecule has 0 N–H and O–H groups in total. The highest BCUT2D eigenvalue weighted by Gasteiger charge is 2.33. The van der Waals surface area contributed by atoms with Crippen molar-refractivity contribution in [2.75, 3.05) is 18.6 Å². The van der Waals surface area contributed by atoms with Crippen LogP contribution in [0.15, 0.2) is 24.3 Å². The Labute approximate surface area is 138 Å². The van der Waals surface area contributed by atoms with Crippen LogP contribution in [0.1, 0.15) is 60.4 Å². The monoisotopic (exact) mass is 335 g/mol. The number of hydrogen-bond donors (Lipinski definition) is 0. The van der Waals surface area contributed by atoms with Crippen LogP contribution < -0.4 is 0 Å². The highest BCUT2D eigenvalue weighted by molar-refractivity contribution is 7.91. The molecule has 0 bridgehead atoms. The lowest BCUT2D eigenvalue weighted by molar-refractivity contribution is 0.0747. The molecule has 1 heterocycles. The van der Waals surface area contributed by atoms with Crippen molar-refractivity contribution >= 4 is 15.7 Å². The van der Waals surface area contributed by atoms with Crippen LogP contribution in [0.4, 0.5) is 0 Å². The highest BCUT2D eigenvalue weighted by atomic mass is 32.2. The molecule has 4 nitrogen and oxygen atoms in total. The second-order valence-electron chi connectivity index (χ2n) is 6.93. The summed E-state index contributed by atoms with van der Waals surface area (Å²) < 4.78 is 23.2. The van der Waals surface area contributed by atoms with Crippen molar-refractivity contribution in [1.29, 1.82) is 0 Å². The van der Waals surface area contributed by atoms with E-state index in [4.69, 9.17) is 0 Å². The van der Waals surface area contributed by atoms with E-state index in [-0.39, 0.29) is 23.5 Å². The Morgan fingerprint density at radius 2 is 1.70 bits per heavy atom. The van der Waals surface area contributed by atoms with Gasteiger partial charge in [-0.2, -0.15) is 0 Å². The van der Waals surface area contributed by atoms with Gasteiger partial charge >= 0.3 is 0 Å². The normalized spacial score (nSPS) is 24.5. The van der Waals surface area contributed by atoms with E-state index >= 15 is 0 Å². The summed E-state index contributed by atoms with van der Waals surface area (Å²) in [5, 5.41) is 0. The number of rotatable bonds is 3. The lowest BCUT2D eigenvalue weighted by Gasteiger charge is -2.24. The number of carbonyl (C=O) groups excluding carboxylic acids is 1. The van der Waals surface area contributed by atoms with E-state index in [2.05, 4.69) is 12.1 Å². The Kier molecular flexibility index (Phi) is 4.76. The van der Waals surface area contributed by atoms with E-state index < -0.39 is 9.84 Å². The van der Waals surface area contributed by atoms with E-state index in [1.165, 1.54) is 37.7 Å². The molecule has 23 heavy (non-hydrogen) atoms. The van der Waals surface area contributed by atoms with Gasteiger partial charge in [0.25, 0.3) is 5.91 Å². The Balaban J connectivity index is 1.67. The van der Waals surface area contributed by atoms with Crippen LogP contribution in [0.25, 0.3) is 0 Å². The zero-order valence-corrected chi connectivity index (χ0v) is 14.5. The first kappa shape index (κ1) is 16.5. The van der Waals surface area contributed by atoms with Gasteiger partial charge in [0.15, 0.2) is 9.84 Å². The van der Waals surface area contributed by atoms with Gasteiger partial charge in [0, 0.05) is 18.7 Å². The minimum absolute atomic E-state index is 0.0812. The Morgan fingerprint density at radius 3 is 2.26 bits per heavy atom. The second-order valence-corrected chi connectivity index (χ2v) is 9.16. The molecule has 1 amide bonds. The fraction of sp³-hybridized carbons (Fsp3) is 0.611. The molecule has 0 spiro atoms. The molecule has 1 saturated heterocycles. The highest BCUT2D eigenvalue weighted by Crippen LogP contribution is 2.32. The molecule has 0 radical (unpaired) electrons. The van der Waals surface area contributed by atoms with Crippen molar-refractivity contribution < 1.29 is 13.2 Å². The van der Waals surface area contributed by atoms with Crippen LogP contribution in [-0.2, 0) is 9.84 Å². The second kappa shape index (κ2) is 6.63. The topological polar surface area (TPSA) is 54.5 Å². The molecule has 1 aromatic rings. The minimum Gasteiger partial charge on any atom is -0.338 e. The molecule has 126 valence electrons. The van der Waals surface area contributed by atoms with Gasteiger partial charge in [0.1, 0.15) is 0 Å². The van der Waals surface area contributed by atoms with E-state index in [0.717, 1.165) is 0 Å². The molecule has 1 saturated carbocycles. The van der Waals surface area contributed by atoms with Crippen molar-refractivity contribution in [1.82, 2.24) is 4.90 Å². The van der Waals surface area contributed by atoms with Gasteiger partial charge in [-0.15, -0.1) is 0 Å². The van der Waals surface area contributed by atoms with E-state index in [9.17, 15) is 13.2 Å². The van der Waals surface area contributed by atoms with Crippen LogP contribution in [0.2, 0.25) is 0 Å². The van der Waals surface area contributed by atoms with Crippen LogP contribution in [-0.4, -0.2) is 43.8 Å². The predicted molar refractivity (Wildman–Crippen MR) is 91.4 cm³/mol. The average Bonchev–Trinajstić information content (AvgIpc) is 2.94. The molecule has 1 aliphatic carbocycles. The van der Waals surface area contributed by atoms with Gasteiger partial charge in [0.2, 0.25) is 0 Å². The third-order valence-electron chi connectivity index (χ3n) is 5.31. The Hall–Kier alpha value is -1.36. The lowest BCUT2D eigenvalue weighted by Crippen LogP contribution is -2.37. The lowest BCUT2D eigenvalue weighted by atomic mass is 9.84. The van der Waals surface area contributed by atoms with Crippen LogP contribution in [0, 0.1) is 0 Å². The Morgan fingerprint density at radius 1 is 1.04 bits per heavy atom. The zero-order valence-electron chi connectivity index (χ0n) is 13.7. The number of amides is 1. The van der Waals surface area contributed by atoms with Crippen molar-refractivity contribution in [2.24, 2.45) is 0 Å². The van der Waals surface area contributed by atoms with Gasteiger partial charge < -0.3 is 4.90 Å². The largest absolute Gasteiger partial charge is 0.338 e. The van der Waals surface area contributed by atoms with E-state index in [0.29, 0.717) is 17.9 Å². The van der Waals surface area contributed by atoms with E-state index in [1.54, 1.807) is 11.9 Å². The van der Waals surface area contributed by atoms with Gasteiger partial charge in [-0.3, -0.25) is 4.79 Å². The molecule has 2 aliphatic rings. The number of hydrogen-bond acceptors (Lipinski definition) is 3. The number of nitrogens with zero attached hydrogens (tertiary/aromatic N) is 1. The maximum atomic E-state index is 12.6. The quantitative estimate of drug-likeness (QED) is 0.853.